The summed E-state index contributed by atoms with van der Waals surface area (Å²) in [5.41, 5.74) is 2.48. The fraction of sp³-hybridized carbons (Fsp3) is 0. The third kappa shape index (κ3) is 2.72. The summed E-state index contributed by atoms with van der Waals surface area (Å²) in [5, 5.41) is 3.71. The number of nitrogens with zero attached hydrogens (tertiary/aromatic N) is 1. The number of H-pyrrole nitrogens is 1. The number of aromatic nitrogens is 2. The van der Waals surface area contributed by atoms with Crippen LogP contribution in [0.15, 0.2) is 65.1 Å². The summed E-state index contributed by atoms with van der Waals surface area (Å²) in [5.74, 6) is 0.779. The quantitative estimate of drug-likeness (QED) is 0.563. The Labute approximate surface area is 131 Å². The van der Waals surface area contributed by atoms with Gasteiger partial charge in [-0.25, -0.2) is 4.98 Å². The number of amides is 1. The van der Waals surface area contributed by atoms with E-state index in [0.29, 0.717) is 11.7 Å². The molecule has 0 radical (unpaired) electrons. The van der Waals surface area contributed by atoms with E-state index in [1.54, 1.807) is 6.08 Å². The van der Waals surface area contributed by atoms with E-state index in [4.69, 9.17) is 4.42 Å². The molecule has 0 fully saturated rings. The van der Waals surface area contributed by atoms with Crippen LogP contribution in [-0.4, -0.2) is 15.9 Å². The zero-order chi connectivity index (χ0) is 15.6. The zero-order valence-corrected chi connectivity index (χ0v) is 12.1. The lowest BCUT2D eigenvalue weighted by Gasteiger charge is -1.94. The normalized spacial score (nSPS) is 11.5. The largest absolute Gasteiger partial charge is 0.457 e. The number of hydrogen-bond acceptors (Lipinski definition) is 3. The molecule has 0 bridgehead atoms. The minimum Gasteiger partial charge on any atom is -0.457 e. The Bertz CT molecular complexity index is 961. The minimum absolute atomic E-state index is 0.274. The molecule has 0 spiro atoms. The number of rotatable bonds is 3. The Morgan fingerprint density at radius 1 is 1.13 bits per heavy atom. The molecule has 0 atom stereocenters. The first-order chi connectivity index (χ1) is 11.3. The Hall–Kier alpha value is -3.34. The number of carbonyl (C=O) groups excluding carboxylic acids is 1. The highest BCUT2D eigenvalue weighted by Crippen LogP contribution is 2.19. The zero-order valence-electron chi connectivity index (χ0n) is 12.1. The van der Waals surface area contributed by atoms with Gasteiger partial charge in [-0.15, -0.1) is 0 Å². The lowest BCUT2D eigenvalue weighted by Crippen LogP contribution is -2.08. The van der Waals surface area contributed by atoms with Crippen LogP contribution in [0.3, 0.4) is 0 Å². The van der Waals surface area contributed by atoms with E-state index in [-0.39, 0.29) is 5.91 Å². The number of para-hydroxylation sites is 3. The molecule has 2 aromatic heterocycles. The van der Waals surface area contributed by atoms with Crippen molar-refractivity contribution in [3.05, 3.63) is 66.4 Å². The van der Waals surface area contributed by atoms with Gasteiger partial charge in [0.25, 0.3) is 5.91 Å². The highest BCUT2D eigenvalue weighted by molar-refractivity contribution is 6.01. The Balaban J connectivity index is 1.50. The topological polar surface area (TPSA) is 70.9 Å². The van der Waals surface area contributed by atoms with E-state index in [1.807, 2.05) is 54.6 Å². The molecule has 23 heavy (non-hydrogen) atoms. The van der Waals surface area contributed by atoms with E-state index in [9.17, 15) is 4.79 Å². The number of fused-ring (bicyclic) bond motifs is 2. The van der Waals surface area contributed by atoms with Crippen LogP contribution in [0.5, 0.6) is 0 Å². The maximum absolute atomic E-state index is 12.0. The van der Waals surface area contributed by atoms with Crippen LogP contribution >= 0.6 is 0 Å². The maximum atomic E-state index is 12.0. The summed E-state index contributed by atoms with van der Waals surface area (Å²) in [6, 6.07) is 17.2. The molecule has 2 N–H and O–H groups in total. The van der Waals surface area contributed by atoms with Gasteiger partial charge >= 0.3 is 0 Å². The molecule has 4 aromatic rings. The van der Waals surface area contributed by atoms with E-state index in [2.05, 4.69) is 15.3 Å². The predicted octanol–water partition coefficient (Wildman–Crippen LogP) is 3.96. The summed E-state index contributed by atoms with van der Waals surface area (Å²) in [6.45, 7) is 0. The molecule has 112 valence electrons. The second-order valence-electron chi connectivity index (χ2n) is 5.11. The van der Waals surface area contributed by atoms with Crippen molar-refractivity contribution in [2.75, 3.05) is 5.32 Å². The highest BCUT2D eigenvalue weighted by atomic mass is 16.3. The summed E-state index contributed by atoms with van der Waals surface area (Å²) in [6.07, 6.45) is 3.06. The van der Waals surface area contributed by atoms with Gasteiger partial charge in [-0.05, 0) is 30.3 Å². The van der Waals surface area contributed by atoms with Crippen LogP contribution in [0.25, 0.3) is 28.1 Å². The molecular weight excluding hydrogens is 290 g/mol. The first-order valence-electron chi connectivity index (χ1n) is 7.20. The number of benzene rings is 2. The van der Waals surface area contributed by atoms with Crippen LogP contribution in [0.1, 0.15) is 5.76 Å². The van der Waals surface area contributed by atoms with Crippen molar-refractivity contribution in [1.29, 1.82) is 0 Å². The molecule has 0 aliphatic rings. The van der Waals surface area contributed by atoms with Gasteiger partial charge in [0, 0.05) is 11.5 Å². The molecule has 0 saturated carbocycles. The number of furan rings is 1. The highest BCUT2D eigenvalue weighted by Gasteiger charge is 2.05. The number of carbonyl (C=O) groups is 1. The number of imidazole rings is 1. The molecule has 5 nitrogen and oxygen atoms in total. The van der Waals surface area contributed by atoms with Gasteiger partial charge in [0.05, 0.1) is 11.0 Å². The van der Waals surface area contributed by atoms with Crippen molar-refractivity contribution in [3.8, 4) is 0 Å². The summed E-state index contributed by atoms with van der Waals surface area (Å²) < 4.78 is 5.63. The fourth-order valence-corrected chi connectivity index (χ4v) is 2.41. The van der Waals surface area contributed by atoms with Crippen LogP contribution in [0.4, 0.5) is 5.95 Å². The van der Waals surface area contributed by atoms with Crippen LogP contribution < -0.4 is 5.32 Å². The van der Waals surface area contributed by atoms with Crippen molar-refractivity contribution in [2.45, 2.75) is 0 Å². The number of nitrogens with one attached hydrogen (secondary N) is 2. The third-order valence-electron chi connectivity index (χ3n) is 3.47. The average molecular weight is 303 g/mol. The second-order valence-corrected chi connectivity index (χ2v) is 5.11. The third-order valence-corrected chi connectivity index (χ3v) is 3.47. The van der Waals surface area contributed by atoms with Gasteiger partial charge in [0.1, 0.15) is 11.3 Å². The molecule has 4 rings (SSSR count). The Morgan fingerprint density at radius 3 is 2.83 bits per heavy atom. The van der Waals surface area contributed by atoms with Crippen molar-refractivity contribution in [2.24, 2.45) is 0 Å². The molecule has 2 heterocycles. The van der Waals surface area contributed by atoms with E-state index in [0.717, 1.165) is 22.0 Å². The van der Waals surface area contributed by atoms with Crippen molar-refractivity contribution in [3.63, 3.8) is 0 Å². The molecule has 0 saturated heterocycles. The minimum atomic E-state index is -0.274. The second kappa shape index (κ2) is 5.46. The fourth-order valence-electron chi connectivity index (χ4n) is 2.41. The SMILES string of the molecule is O=C(/C=C/c1cc2ccccc2o1)Nc1nc2ccccc2[nH]1. The Morgan fingerprint density at radius 2 is 1.96 bits per heavy atom. The molecule has 1 amide bonds. The van der Waals surface area contributed by atoms with Gasteiger partial charge in [0.15, 0.2) is 0 Å². The maximum Gasteiger partial charge on any atom is 0.250 e. The van der Waals surface area contributed by atoms with E-state index < -0.39 is 0 Å². The van der Waals surface area contributed by atoms with Crippen LogP contribution in [0, 0.1) is 0 Å². The first kappa shape index (κ1) is 13.3. The lowest BCUT2D eigenvalue weighted by atomic mass is 10.2. The van der Waals surface area contributed by atoms with Gasteiger partial charge in [-0.1, -0.05) is 30.3 Å². The standard InChI is InChI=1S/C18H13N3O2/c22-17(21-18-19-14-6-2-3-7-15(14)20-18)10-9-13-11-12-5-1-4-8-16(12)23-13/h1-11H,(H2,19,20,21,22)/b10-9+. The van der Waals surface area contributed by atoms with Crippen molar-refractivity contribution in [1.82, 2.24) is 9.97 Å². The molecule has 0 aliphatic heterocycles. The number of anilines is 1. The summed E-state index contributed by atoms with van der Waals surface area (Å²) in [7, 11) is 0. The average Bonchev–Trinajstić information content (AvgIpc) is 3.15. The van der Waals surface area contributed by atoms with Crippen molar-refractivity contribution >= 4 is 39.9 Å². The van der Waals surface area contributed by atoms with Crippen molar-refractivity contribution < 1.29 is 9.21 Å². The molecule has 2 aromatic carbocycles. The molecular formula is C18H13N3O2. The van der Waals surface area contributed by atoms with Gasteiger partial charge < -0.3 is 9.40 Å². The first-order valence-corrected chi connectivity index (χ1v) is 7.20. The molecule has 0 unspecified atom stereocenters. The Kier molecular flexibility index (Phi) is 3.16. The van der Waals surface area contributed by atoms with Gasteiger partial charge in [-0.2, -0.15) is 0 Å². The van der Waals surface area contributed by atoms with Crippen LogP contribution in [0.2, 0.25) is 0 Å². The van der Waals surface area contributed by atoms with Gasteiger partial charge in [0.2, 0.25) is 5.95 Å². The summed E-state index contributed by atoms with van der Waals surface area (Å²) >= 11 is 0. The lowest BCUT2D eigenvalue weighted by molar-refractivity contribution is -0.111. The molecule has 0 aliphatic carbocycles. The van der Waals surface area contributed by atoms with E-state index >= 15 is 0 Å². The predicted molar refractivity (Wildman–Crippen MR) is 90.0 cm³/mol. The molecule has 5 heteroatoms. The van der Waals surface area contributed by atoms with E-state index in [1.165, 1.54) is 6.08 Å². The summed E-state index contributed by atoms with van der Waals surface area (Å²) in [4.78, 5) is 19.3. The number of hydrogen-bond donors (Lipinski definition) is 2. The van der Waals surface area contributed by atoms with Gasteiger partial charge in [-0.3, -0.25) is 10.1 Å². The smallest absolute Gasteiger partial charge is 0.250 e. The van der Waals surface area contributed by atoms with Crippen LogP contribution in [-0.2, 0) is 4.79 Å². The monoisotopic (exact) mass is 303 g/mol. The number of aromatic amines is 1.